The Labute approximate surface area is 121 Å². The summed E-state index contributed by atoms with van der Waals surface area (Å²) in [6, 6.07) is -0.173. The van der Waals surface area contributed by atoms with Crippen molar-refractivity contribution in [3.05, 3.63) is 0 Å². The second kappa shape index (κ2) is 7.07. The maximum Gasteiger partial charge on any atom is 0.245 e. The van der Waals surface area contributed by atoms with Crippen LogP contribution in [0.3, 0.4) is 0 Å². The Balaban J connectivity index is 1.77. The highest BCUT2D eigenvalue weighted by Crippen LogP contribution is 2.23. The van der Waals surface area contributed by atoms with E-state index >= 15 is 0 Å². The van der Waals surface area contributed by atoms with Crippen molar-refractivity contribution in [2.45, 2.75) is 45.6 Å². The van der Waals surface area contributed by atoms with Crippen molar-refractivity contribution in [1.29, 1.82) is 0 Å². The Bertz CT molecular complexity index is 357. The maximum atomic E-state index is 12.4. The van der Waals surface area contributed by atoms with Gasteiger partial charge in [0.2, 0.25) is 11.8 Å². The largest absolute Gasteiger partial charge is 0.332 e. The van der Waals surface area contributed by atoms with Gasteiger partial charge in [-0.2, -0.15) is 0 Å². The van der Waals surface area contributed by atoms with Gasteiger partial charge in [-0.15, -0.1) is 0 Å². The Morgan fingerprint density at radius 1 is 1.30 bits per heavy atom. The van der Waals surface area contributed by atoms with Gasteiger partial charge >= 0.3 is 0 Å². The number of carbonyl (C=O) groups excluding carboxylic acids is 2. The molecule has 0 bridgehead atoms. The minimum Gasteiger partial charge on any atom is -0.332 e. The summed E-state index contributed by atoms with van der Waals surface area (Å²) in [5, 5.41) is 3.37. The first-order valence-electron chi connectivity index (χ1n) is 7.88. The molecule has 5 nitrogen and oxygen atoms in total. The number of hydrogen-bond acceptors (Lipinski definition) is 3. The van der Waals surface area contributed by atoms with Crippen molar-refractivity contribution >= 4 is 11.8 Å². The van der Waals surface area contributed by atoms with Crippen LogP contribution in [0.15, 0.2) is 0 Å². The third-order valence-electron chi connectivity index (χ3n) is 4.08. The minimum atomic E-state index is -0.173. The average Bonchev–Trinajstić information content (AvgIpc) is 2.43. The third kappa shape index (κ3) is 3.72. The summed E-state index contributed by atoms with van der Waals surface area (Å²) >= 11 is 0. The van der Waals surface area contributed by atoms with E-state index in [1.54, 1.807) is 9.80 Å². The lowest BCUT2D eigenvalue weighted by Gasteiger charge is -2.42. The van der Waals surface area contributed by atoms with Crippen LogP contribution >= 0.6 is 0 Å². The average molecular weight is 281 g/mol. The number of fused-ring (bicyclic) bond motifs is 1. The number of rotatable bonds is 6. The molecule has 5 heteroatoms. The lowest BCUT2D eigenvalue weighted by molar-refractivity contribution is -0.157. The second-order valence-corrected chi connectivity index (χ2v) is 6.31. The molecule has 2 saturated heterocycles. The van der Waals surface area contributed by atoms with Crippen molar-refractivity contribution < 1.29 is 9.59 Å². The monoisotopic (exact) mass is 281 g/mol. The zero-order chi connectivity index (χ0) is 14.5. The Hall–Kier alpha value is -1.10. The number of piperazine rings is 1. The van der Waals surface area contributed by atoms with Gasteiger partial charge in [-0.05, 0) is 44.7 Å². The van der Waals surface area contributed by atoms with Gasteiger partial charge in [-0.25, -0.2) is 0 Å². The molecule has 2 heterocycles. The van der Waals surface area contributed by atoms with Crippen LogP contribution in [-0.4, -0.2) is 60.4 Å². The molecule has 0 aliphatic carbocycles. The Morgan fingerprint density at radius 2 is 2.10 bits per heavy atom. The number of hydrogen-bond donors (Lipinski definition) is 1. The van der Waals surface area contributed by atoms with Gasteiger partial charge in [0.05, 0.1) is 6.54 Å². The molecule has 2 amide bonds. The smallest absolute Gasteiger partial charge is 0.245 e. The molecule has 0 saturated carbocycles. The highest BCUT2D eigenvalue weighted by molar-refractivity contribution is 5.95. The van der Waals surface area contributed by atoms with E-state index in [-0.39, 0.29) is 24.4 Å². The summed E-state index contributed by atoms with van der Waals surface area (Å²) < 4.78 is 0. The molecular weight excluding hydrogens is 254 g/mol. The first kappa shape index (κ1) is 15.3. The molecule has 2 rings (SSSR count). The maximum absolute atomic E-state index is 12.4. The molecule has 1 atom stereocenters. The molecule has 0 spiro atoms. The number of nitrogens with one attached hydrogen (secondary N) is 1. The zero-order valence-electron chi connectivity index (χ0n) is 12.7. The first-order chi connectivity index (χ1) is 9.59. The predicted octanol–water partition coefficient (Wildman–Crippen LogP) is 0.845. The topological polar surface area (TPSA) is 52.7 Å². The van der Waals surface area contributed by atoms with E-state index < -0.39 is 0 Å². The van der Waals surface area contributed by atoms with Crippen LogP contribution in [0.2, 0.25) is 0 Å². The van der Waals surface area contributed by atoms with E-state index in [1.165, 1.54) is 0 Å². The van der Waals surface area contributed by atoms with Gasteiger partial charge in [0.15, 0.2) is 0 Å². The molecule has 2 aliphatic heterocycles. The van der Waals surface area contributed by atoms with Crippen LogP contribution in [0.5, 0.6) is 0 Å². The molecule has 2 aliphatic rings. The molecule has 0 aromatic rings. The van der Waals surface area contributed by atoms with Crippen molar-refractivity contribution in [2.24, 2.45) is 5.92 Å². The standard InChI is InChI=1S/C15H27N3O2/c1-12(2)10-16-7-5-8-17-11-14(19)18-9-4-3-6-13(18)15(17)20/h12-13,16H,3-11H2,1-2H3. The van der Waals surface area contributed by atoms with Crippen LogP contribution in [0.4, 0.5) is 0 Å². The normalized spacial score (nSPS) is 23.4. The van der Waals surface area contributed by atoms with Gasteiger partial charge in [-0.3, -0.25) is 9.59 Å². The van der Waals surface area contributed by atoms with Crippen LogP contribution in [0, 0.1) is 5.92 Å². The molecule has 1 N–H and O–H groups in total. The van der Waals surface area contributed by atoms with Crippen LogP contribution in [-0.2, 0) is 9.59 Å². The third-order valence-corrected chi connectivity index (χ3v) is 4.08. The fourth-order valence-electron chi connectivity index (χ4n) is 3.00. The molecule has 20 heavy (non-hydrogen) atoms. The SMILES string of the molecule is CC(C)CNCCCN1CC(=O)N2CCCCC2C1=O. The van der Waals surface area contributed by atoms with Crippen LogP contribution in [0.1, 0.15) is 39.5 Å². The number of carbonyl (C=O) groups is 2. The van der Waals surface area contributed by atoms with Gasteiger partial charge in [0.25, 0.3) is 0 Å². The van der Waals surface area contributed by atoms with E-state index in [0.717, 1.165) is 45.3 Å². The summed E-state index contributed by atoms with van der Waals surface area (Å²) in [6.07, 6.45) is 3.85. The van der Waals surface area contributed by atoms with Gasteiger partial charge in [-0.1, -0.05) is 13.8 Å². The zero-order valence-corrected chi connectivity index (χ0v) is 12.7. The quantitative estimate of drug-likeness (QED) is 0.734. The fraction of sp³-hybridized carbons (Fsp3) is 0.867. The summed E-state index contributed by atoms with van der Waals surface area (Å²) in [5.74, 6) is 0.932. The van der Waals surface area contributed by atoms with Crippen molar-refractivity contribution in [2.75, 3.05) is 32.7 Å². The van der Waals surface area contributed by atoms with E-state index in [2.05, 4.69) is 19.2 Å². The molecule has 0 aromatic carbocycles. The molecule has 0 radical (unpaired) electrons. The molecule has 0 aromatic heterocycles. The minimum absolute atomic E-state index is 0.129. The predicted molar refractivity (Wildman–Crippen MR) is 78.3 cm³/mol. The summed E-state index contributed by atoms with van der Waals surface area (Å²) in [5.41, 5.74) is 0. The molecular formula is C15H27N3O2. The Morgan fingerprint density at radius 3 is 2.85 bits per heavy atom. The van der Waals surface area contributed by atoms with Gasteiger partial charge in [0, 0.05) is 13.1 Å². The van der Waals surface area contributed by atoms with Crippen molar-refractivity contribution in [1.82, 2.24) is 15.1 Å². The van der Waals surface area contributed by atoms with Crippen LogP contribution < -0.4 is 5.32 Å². The summed E-state index contributed by atoms with van der Waals surface area (Å²) in [4.78, 5) is 28.0. The fourth-order valence-corrected chi connectivity index (χ4v) is 3.00. The van der Waals surface area contributed by atoms with Gasteiger partial charge in [0.1, 0.15) is 6.04 Å². The van der Waals surface area contributed by atoms with E-state index in [9.17, 15) is 9.59 Å². The van der Waals surface area contributed by atoms with E-state index in [0.29, 0.717) is 12.5 Å². The van der Waals surface area contributed by atoms with Crippen molar-refractivity contribution in [3.63, 3.8) is 0 Å². The molecule has 114 valence electrons. The number of piperidine rings is 1. The lowest BCUT2D eigenvalue weighted by Crippen LogP contribution is -2.61. The van der Waals surface area contributed by atoms with Crippen molar-refractivity contribution in [3.8, 4) is 0 Å². The van der Waals surface area contributed by atoms with Crippen LogP contribution in [0.25, 0.3) is 0 Å². The lowest BCUT2D eigenvalue weighted by atomic mass is 9.98. The highest BCUT2D eigenvalue weighted by atomic mass is 16.2. The highest BCUT2D eigenvalue weighted by Gasteiger charge is 2.39. The van der Waals surface area contributed by atoms with Gasteiger partial charge < -0.3 is 15.1 Å². The van der Waals surface area contributed by atoms with E-state index in [4.69, 9.17) is 0 Å². The second-order valence-electron chi connectivity index (χ2n) is 6.31. The summed E-state index contributed by atoms with van der Waals surface area (Å²) in [6.45, 7) is 8.00. The first-order valence-corrected chi connectivity index (χ1v) is 7.88. The molecule has 1 unspecified atom stereocenters. The molecule has 2 fully saturated rings. The summed E-state index contributed by atoms with van der Waals surface area (Å²) in [7, 11) is 0. The number of nitrogens with zero attached hydrogens (tertiary/aromatic N) is 2. The van der Waals surface area contributed by atoms with E-state index in [1.807, 2.05) is 0 Å². The number of amides is 2. The Kier molecular flexibility index (Phi) is 5.40.